The zero-order valence-electron chi connectivity index (χ0n) is 7.78. The Kier molecular flexibility index (Phi) is 2.04. The van der Waals surface area contributed by atoms with Gasteiger partial charge in [-0.05, 0) is 24.1 Å². The summed E-state index contributed by atoms with van der Waals surface area (Å²) in [5.74, 6) is 0. The van der Waals surface area contributed by atoms with Crippen LogP contribution in [0.15, 0.2) is 30.5 Å². The molecule has 1 aromatic heterocycles. The molecular weight excluding hydrogens is 174 g/mol. The molecular formula is C11H9N3. The van der Waals surface area contributed by atoms with Crippen LogP contribution in [0, 0.1) is 13.5 Å². The minimum absolute atomic E-state index is 0.702. The normalized spacial score (nSPS) is 9.71. The van der Waals surface area contributed by atoms with Gasteiger partial charge in [0.05, 0.1) is 12.3 Å². The molecule has 1 N–H and O–H groups in total. The van der Waals surface area contributed by atoms with Gasteiger partial charge in [-0.15, -0.1) is 0 Å². The largest absolute Gasteiger partial charge is 0.278 e. The predicted molar refractivity (Wildman–Crippen MR) is 55.0 cm³/mol. The van der Waals surface area contributed by atoms with Gasteiger partial charge in [0.2, 0.25) is 0 Å². The predicted octanol–water partition coefficient (Wildman–Crippen LogP) is 2.94. The van der Waals surface area contributed by atoms with Crippen LogP contribution in [0.2, 0.25) is 0 Å². The Hall–Kier alpha value is -2.08. The highest BCUT2D eigenvalue weighted by atomic mass is 15.1. The van der Waals surface area contributed by atoms with Crippen molar-refractivity contribution in [2.75, 3.05) is 0 Å². The number of H-pyrrole nitrogens is 1. The molecule has 68 valence electrons. The van der Waals surface area contributed by atoms with Crippen molar-refractivity contribution in [3.8, 4) is 11.3 Å². The van der Waals surface area contributed by atoms with Crippen molar-refractivity contribution >= 4 is 5.69 Å². The second-order valence-corrected chi connectivity index (χ2v) is 3.08. The molecule has 1 heterocycles. The topological polar surface area (TPSA) is 33.0 Å². The summed E-state index contributed by atoms with van der Waals surface area (Å²) >= 11 is 0. The first-order valence-corrected chi connectivity index (χ1v) is 4.29. The first-order valence-electron chi connectivity index (χ1n) is 4.29. The molecule has 0 atom stereocenters. The van der Waals surface area contributed by atoms with E-state index in [1.165, 1.54) is 0 Å². The molecule has 2 aromatic rings. The lowest BCUT2D eigenvalue weighted by Crippen LogP contribution is -1.80. The van der Waals surface area contributed by atoms with E-state index in [1.54, 1.807) is 6.20 Å². The maximum atomic E-state index is 6.93. The van der Waals surface area contributed by atoms with E-state index in [0.29, 0.717) is 5.69 Å². The molecule has 0 fully saturated rings. The Morgan fingerprint density at radius 1 is 1.36 bits per heavy atom. The SMILES string of the molecule is [C-]#[N+]c1ccc(-c2ccn[nH]2)cc1C. The van der Waals surface area contributed by atoms with Crippen LogP contribution >= 0.6 is 0 Å². The van der Waals surface area contributed by atoms with Crippen LogP contribution in [0.4, 0.5) is 5.69 Å². The van der Waals surface area contributed by atoms with E-state index < -0.39 is 0 Å². The number of aromatic nitrogens is 2. The number of aromatic amines is 1. The Labute approximate surface area is 82.2 Å². The van der Waals surface area contributed by atoms with Crippen molar-refractivity contribution < 1.29 is 0 Å². The lowest BCUT2D eigenvalue weighted by Gasteiger charge is -2.00. The summed E-state index contributed by atoms with van der Waals surface area (Å²) in [4.78, 5) is 3.42. The van der Waals surface area contributed by atoms with E-state index in [2.05, 4.69) is 15.0 Å². The van der Waals surface area contributed by atoms with Crippen molar-refractivity contribution in [1.82, 2.24) is 10.2 Å². The molecule has 0 bridgehead atoms. The maximum absolute atomic E-state index is 6.93. The fourth-order valence-electron chi connectivity index (χ4n) is 1.37. The van der Waals surface area contributed by atoms with E-state index in [4.69, 9.17) is 6.57 Å². The molecule has 0 saturated carbocycles. The third kappa shape index (κ3) is 1.38. The van der Waals surface area contributed by atoms with E-state index in [9.17, 15) is 0 Å². The van der Waals surface area contributed by atoms with E-state index in [-0.39, 0.29) is 0 Å². The van der Waals surface area contributed by atoms with Crippen molar-refractivity contribution in [1.29, 1.82) is 0 Å². The molecule has 0 aliphatic heterocycles. The summed E-state index contributed by atoms with van der Waals surface area (Å²) in [5, 5.41) is 6.78. The highest BCUT2D eigenvalue weighted by Gasteiger charge is 2.01. The van der Waals surface area contributed by atoms with Gasteiger partial charge < -0.3 is 0 Å². The molecule has 0 spiro atoms. The quantitative estimate of drug-likeness (QED) is 0.677. The second kappa shape index (κ2) is 3.35. The lowest BCUT2D eigenvalue weighted by molar-refractivity contribution is 1.09. The van der Waals surface area contributed by atoms with Crippen LogP contribution in [-0.2, 0) is 0 Å². The molecule has 0 radical (unpaired) electrons. The van der Waals surface area contributed by atoms with Gasteiger partial charge in [-0.3, -0.25) is 5.10 Å². The fourth-order valence-corrected chi connectivity index (χ4v) is 1.37. The van der Waals surface area contributed by atoms with Gasteiger partial charge in [0.15, 0.2) is 5.69 Å². The first-order chi connectivity index (χ1) is 6.81. The number of hydrogen-bond donors (Lipinski definition) is 1. The van der Waals surface area contributed by atoms with Gasteiger partial charge in [0, 0.05) is 6.20 Å². The minimum atomic E-state index is 0.702. The van der Waals surface area contributed by atoms with Crippen LogP contribution in [0.5, 0.6) is 0 Å². The highest BCUT2D eigenvalue weighted by Crippen LogP contribution is 2.24. The number of aryl methyl sites for hydroxylation is 1. The van der Waals surface area contributed by atoms with Crippen LogP contribution in [0.1, 0.15) is 5.56 Å². The molecule has 14 heavy (non-hydrogen) atoms. The van der Waals surface area contributed by atoms with Gasteiger partial charge in [-0.1, -0.05) is 18.2 Å². The molecule has 2 rings (SSSR count). The monoisotopic (exact) mass is 183 g/mol. The van der Waals surface area contributed by atoms with E-state index in [1.807, 2.05) is 31.2 Å². The van der Waals surface area contributed by atoms with Crippen LogP contribution in [0.3, 0.4) is 0 Å². The van der Waals surface area contributed by atoms with Gasteiger partial charge in [-0.2, -0.15) is 5.10 Å². The molecule has 1 aromatic carbocycles. The summed E-state index contributed by atoms with van der Waals surface area (Å²) in [7, 11) is 0. The minimum Gasteiger partial charge on any atom is -0.278 e. The molecule has 3 nitrogen and oxygen atoms in total. The summed E-state index contributed by atoms with van der Waals surface area (Å²) < 4.78 is 0. The number of nitrogens with one attached hydrogen (secondary N) is 1. The van der Waals surface area contributed by atoms with Gasteiger partial charge in [-0.25, -0.2) is 4.85 Å². The third-order valence-corrected chi connectivity index (χ3v) is 2.13. The first kappa shape index (κ1) is 8.52. The number of nitrogens with zero attached hydrogens (tertiary/aromatic N) is 2. The van der Waals surface area contributed by atoms with Crippen molar-refractivity contribution in [2.45, 2.75) is 6.92 Å². The number of hydrogen-bond acceptors (Lipinski definition) is 1. The molecule has 0 aliphatic carbocycles. The average molecular weight is 183 g/mol. The fraction of sp³-hybridized carbons (Fsp3) is 0.0909. The highest BCUT2D eigenvalue weighted by molar-refractivity contribution is 5.65. The Morgan fingerprint density at radius 3 is 2.79 bits per heavy atom. The summed E-state index contributed by atoms with van der Waals surface area (Å²) in [5.41, 5.74) is 3.73. The molecule has 0 unspecified atom stereocenters. The maximum Gasteiger partial charge on any atom is 0.190 e. The van der Waals surface area contributed by atoms with Crippen LogP contribution < -0.4 is 0 Å². The zero-order valence-corrected chi connectivity index (χ0v) is 7.78. The van der Waals surface area contributed by atoms with Gasteiger partial charge in [0.25, 0.3) is 0 Å². The van der Waals surface area contributed by atoms with Crippen molar-refractivity contribution in [2.24, 2.45) is 0 Å². The van der Waals surface area contributed by atoms with E-state index >= 15 is 0 Å². The molecule has 0 aliphatic rings. The van der Waals surface area contributed by atoms with Gasteiger partial charge in [0.1, 0.15) is 0 Å². The lowest BCUT2D eigenvalue weighted by atomic mass is 10.1. The summed E-state index contributed by atoms with van der Waals surface area (Å²) in [6.07, 6.45) is 1.72. The van der Waals surface area contributed by atoms with Crippen molar-refractivity contribution in [3.05, 3.63) is 47.4 Å². The van der Waals surface area contributed by atoms with Gasteiger partial charge >= 0.3 is 0 Å². The number of benzene rings is 1. The number of rotatable bonds is 1. The Morgan fingerprint density at radius 2 is 2.21 bits per heavy atom. The Balaban J connectivity index is 2.49. The summed E-state index contributed by atoms with van der Waals surface area (Å²) in [6.45, 7) is 8.87. The van der Waals surface area contributed by atoms with Crippen LogP contribution in [0.25, 0.3) is 16.1 Å². The second-order valence-electron chi connectivity index (χ2n) is 3.08. The average Bonchev–Trinajstić information content (AvgIpc) is 2.70. The van der Waals surface area contributed by atoms with E-state index in [0.717, 1.165) is 16.8 Å². The van der Waals surface area contributed by atoms with Crippen LogP contribution in [-0.4, -0.2) is 10.2 Å². The smallest absolute Gasteiger partial charge is 0.190 e. The standard InChI is InChI=1S/C11H9N3/c1-8-7-9(3-4-10(8)12-2)11-5-6-13-14-11/h3-7H,1H3,(H,13,14). The third-order valence-electron chi connectivity index (χ3n) is 2.13. The van der Waals surface area contributed by atoms with Crippen molar-refractivity contribution in [3.63, 3.8) is 0 Å². The molecule has 0 saturated heterocycles. The molecule has 3 heteroatoms. The summed E-state index contributed by atoms with van der Waals surface area (Å²) in [6, 6.07) is 7.65. The Bertz CT molecular complexity index is 478. The molecule has 0 amide bonds. The zero-order chi connectivity index (χ0) is 9.97.